The van der Waals surface area contributed by atoms with Crippen molar-refractivity contribution in [1.82, 2.24) is 10.6 Å². The van der Waals surface area contributed by atoms with Gasteiger partial charge in [-0.25, -0.2) is 0 Å². The smallest absolute Gasteiger partial charge is 0.322 e. The number of benzene rings is 1. The Hall–Kier alpha value is -3.72. The van der Waals surface area contributed by atoms with Gasteiger partial charge in [-0.05, 0) is 19.4 Å². The third-order valence-corrected chi connectivity index (χ3v) is 5.52. The SMILES string of the molecule is Cc1c(SCC(NC(=O)CCC(N)C(=O)O)C(=O)NCC(=O)O)cc(C(N)=O)cc1[N+](=O)[O-]. The van der Waals surface area contributed by atoms with Crippen LogP contribution in [0.3, 0.4) is 0 Å². The second-order valence-corrected chi connectivity index (χ2v) is 7.83. The van der Waals surface area contributed by atoms with Crippen molar-refractivity contribution in [1.29, 1.82) is 0 Å². The Bertz CT molecular complexity index is 969. The van der Waals surface area contributed by atoms with Crippen molar-refractivity contribution < 1.29 is 39.1 Å². The molecule has 0 aliphatic rings. The lowest BCUT2D eigenvalue weighted by Gasteiger charge is -2.19. The van der Waals surface area contributed by atoms with E-state index in [-0.39, 0.29) is 40.3 Å². The van der Waals surface area contributed by atoms with Crippen molar-refractivity contribution in [3.05, 3.63) is 33.4 Å². The van der Waals surface area contributed by atoms with Gasteiger partial charge in [0.2, 0.25) is 17.7 Å². The average Bonchev–Trinajstić information content (AvgIpc) is 2.73. The summed E-state index contributed by atoms with van der Waals surface area (Å²) in [5.41, 5.74) is 10.3. The number of hydrogen-bond acceptors (Lipinski definition) is 9. The molecule has 0 aliphatic heterocycles. The number of rotatable bonds is 13. The summed E-state index contributed by atoms with van der Waals surface area (Å²) in [7, 11) is 0. The van der Waals surface area contributed by atoms with Crippen molar-refractivity contribution in [2.45, 2.75) is 36.7 Å². The van der Waals surface area contributed by atoms with Crippen molar-refractivity contribution in [3.8, 4) is 0 Å². The van der Waals surface area contributed by atoms with Crippen molar-refractivity contribution in [2.24, 2.45) is 11.5 Å². The van der Waals surface area contributed by atoms with Crippen LogP contribution in [0.4, 0.5) is 5.69 Å². The molecule has 0 fully saturated rings. The molecule has 0 bridgehead atoms. The fourth-order valence-electron chi connectivity index (χ4n) is 2.47. The minimum absolute atomic E-state index is 0.131. The van der Waals surface area contributed by atoms with Crippen LogP contribution in [0, 0.1) is 17.0 Å². The summed E-state index contributed by atoms with van der Waals surface area (Å²) < 4.78 is 0. The lowest BCUT2D eigenvalue weighted by Crippen LogP contribution is -2.49. The number of nitrogens with zero attached hydrogens (tertiary/aromatic N) is 1. The highest BCUT2D eigenvalue weighted by Crippen LogP contribution is 2.31. The first-order chi connectivity index (χ1) is 15.3. The van der Waals surface area contributed by atoms with Gasteiger partial charge >= 0.3 is 11.9 Å². The highest BCUT2D eigenvalue weighted by atomic mass is 32.2. The molecule has 8 N–H and O–H groups in total. The van der Waals surface area contributed by atoms with E-state index in [2.05, 4.69) is 10.6 Å². The van der Waals surface area contributed by atoms with Gasteiger partial charge in [-0.15, -0.1) is 11.8 Å². The van der Waals surface area contributed by atoms with Gasteiger partial charge in [0.05, 0.1) is 4.92 Å². The summed E-state index contributed by atoms with van der Waals surface area (Å²) in [5.74, 6) is -5.29. The molecule has 0 aliphatic carbocycles. The zero-order valence-electron chi connectivity index (χ0n) is 17.4. The van der Waals surface area contributed by atoms with E-state index in [4.69, 9.17) is 21.7 Å². The van der Waals surface area contributed by atoms with E-state index in [0.29, 0.717) is 0 Å². The van der Waals surface area contributed by atoms with Crippen molar-refractivity contribution >= 4 is 47.1 Å². The fraction of sp³-hybridized carbons (Fsp3) is 0.389. The van der Waals surface area contributed by atoms with Gasteiger partial charge in [0.1, 0.15) is 18.6 Å². The number of aliphatic carboxylic acids is 2. The van der Waals surface area contributed by atoms with Crippen LogP contribution in [0.25, 0.3) is 0 Å². The van der Waals surface area contributed by atoms with Crippen LogP contribution in [0.1, 0.15) is 28.8 Å². The molecule has 3 amide bonds. The summed E-state index contributed by atoms with van der Waals surface area (Å²) in [6.07, 6.45) is -0.522. The van der Waals surface area contributed by atoms with Crippen LogP contribution in [0.5, 0.6) is 0 Å². The first-order valence-corrected chi connectivity index (χ1v) is 10.3. The zero-order valence-corrected chi connectivity index (χ0v) is 18.2. The minimum Gasteiger partial charge on any atom is -0.480 e. The minimum atomic E-state index is -1.32. The van der Waals surface area contributed by atoms with Crippen LogP contribution in [0.2, 0.25) is 0 Å². The summed E-state index contributed by atoms with van der Waals surface area (Å²) in [6, 6.07) is -0.246. The van der Waals surface area contributed by atoms with Crippen LogP contribution in [-0.4, -0.2) is 69.2 Å². The normalized spacial score (nSPS) is 12.3. The molecule has 14 nitrogen and oxygen atoms in total. The van der Waals surface area contributed by atoms with E-state index in [0.717, 1.165) is 17.8 Å². The summed E-state index contributed by atoms with van der Waals surface area (Å²) in [4.78, 5) is 68.4. The highest BCUT2D eigenvalue weighted by molar-refractivity contribution is 7.99. The number of amides is 3. The van der Waals surface area contributed by atoms with Gasteiger partial charge in [0.25, 0.3) is 5.69 Å². The Morgan fingerprint density at radius 3 is 2.36 bits per heavy atom. The van der Waals surface area contributed by atoms with Crippen molar-refractivity contribution in [2.75, 3.05) is 12.3 Å². The van der Waals surface area contributed by atoms with E-state index >= 15 is 0 Å². The van der Waals surface area contributed by atoms with Gasteiger partial charge in [0.15, 0.2) is 0 Å². The Labute approximate surface area is 191 Å². The number of carbonyl (C=O) groups excluding carboxylic acids is 3. The number of carboxylic acids is 2. The van der Waals surface area contributed by atoms with E-state index in [9.17, 15) is 34.1 Å². The van der Waals surface area contributed by atoms with E-state index in [1.165, 1.54) is 13.0 Å². The average molecular weight is 485 g/mol. The van der Waals surface area contributed by atoms with Gasteiger partial charge in [-0.1, -0.05) is 0 Å². The monoisotopic (exact) mass is 485 g/mol. The van der Waals surface area contributed by atoms with Crippen LogP contribution in [0.15, 0.2) is 17.0 Å². The molecule has 2 atom stereocenters. The maximum Gasteiger partial charge on any atom is 0.322 e. The molecule has 2 unspecified atom stereocenters. The molecular formula is C18H23N5O9S. The second-order valence-electron chi connectivity index (χ2n) is 6.77. The molecule has 33 heavy (non-hydrogen) atoms. The number of nitro benzene ring substituents is 1. The molecule has 0 aromatic heterocycles. The van der Waals surface area contributed by atoms with Gasteiger partial charge in [-0.2, -0.15) is 0 Å². The lowest BCUT2D eigenvalue weighted by atomic mass is 10.1. The van der Waals surface area contributed by atoms with Crippen molar-refractivity contribution in [3.63, 3.8) is 0 Å². The molecular weight excluding hydrogens is 462 g/mol. The maximum absolute atomic E-state index is 12.4. The standard InChI is InChI=1S/C18H23N5O9S/c1-8-12(23(31)32)4-9(16(20)27)5-13(8)33-7-11(17(28)21-6-15(25)26)22-14(24)3-2-10(19)18(29)30/h4-5,10-11H,2-3,6-7,19H2,1H3,(H2,20,27)(H,21,28)(H,22,24)(H,25,26)(H,29,30). The van der Waals surface area contributed by atoms with Crippen LogP contribution < -0.4 is 22.1 Å². The Morgan fingerprint density at radius 1 is 1.21 bits per heavy atom. The zero-order chi connectivity index (χ0) is 25.3. The molecule has 180 valence electrons. The number of thioether (sulfide) groups is 1. The van der Waals surface area contributed by atoms with E-state index in [1.54, 1.807) is 0 Å². The van der Waals surface area contributed by atoms with Gasteiger partial charge in [-0.3, -0.25) is 34.1 Å². The molecule has 1 rings (SSSR count). The third kappa shape index (κ3) is 8.74. The first-order valence-electron chi connectivity index (χ1n) is 9.32. The molecule has 0 heterocycles. The maximum atomic E-state index is 12.4. The Kier molecular flexibility index (Phi) is 10.2. The number of carbonyl (C=O) groups is 5. The topological polar surface area (TPSA) is 245 Å². The summed E-state index contributed by atoms with van der Waals surface area (Å²) >= 11 is 0.898. The molecule has 0 saturated heterocycles. The number of nitrogens with one attached hydrogen (secondary N) is 2. The summed E-state index contributed by atoms with van der Waals surface area (Å²) in [5, 5.41) is 33.3. The number of nitrogens with two attached hydrogens (primary N) is 2. The molecule has 0 spiro atoms. The number of primary amides is 1. The first kappa shape index (κ1) is 27.3. The summed E-state index contributed by atoms with van der Waals surface area (Å²) in [6.45, 7) is 0.706. The van der Waals surface area contributed by atoms with Gasteiger partial charge in [0, 0.05) is 34.3 Å². The molecule has 0 saturated carbocycles. The largest absolute Gasteiger partial charge is 0.480 e. The predicted octanol–water partition coefficient (Wildman–Crippen LogP) is -1.03. The Morgan fingerprint density at radius 2 is 1.85 bits per heavy atom. The molecule has 1 aromatic rings. The van der Waals surface area contributed by atoms with Gasteiger partial charge < -0.3 is 32.3 Å². The number of carboxylic acid groups (broad SMARTS) is 2. The highest BCUT2D eigenvalue weighted by Gasteiger charge is 2.25. The quantitative estimate of drug-likeness (QED) is 0.112. The molecule has 0 radical (unpaired) electrons. The van der Waals surface area contributed by atoms with E-state index in [1.807, 2.05) is 0 Å². The second kappa shape index (κ2) is 12.4. The molecule has 15 heteroatoms. The third-order valence-electron chi connectivity index (χ3n) is 4.28. The lowest BCUT2D eigenvalue weighted by molar-refractivity contribution is -0.385. The predicted molar refractivity (Wildman–Crippen MR) is 114 cm³/mol. The van der Waals surface area contributed by atoms with E-state index < -0.39 is 53.2 Å². The van der Waals surface area contributed by atoms with Crippen LogP contribution >= 0.6 is 11.8 Å². The Balaban J connectivity index is 3.06. The number of hydrogen-bond donors (Lipinski definition) is 6. The fourth-order valence-corrected chi connectivity index (χ4v) is 3.59. The van der Waals surface area contributed by atoms with Crippen LogP contribution in [-0.2, 0) is 19.2 Å². The number of nitro groups is 1. The molecule has 1 aromatic carbocycles.